The van der Waals surface area contributed by atoms with Crippen molar-refractivity contribution in [1.82, 2.24) is 24.9 Å². The third kappa shape index (κ3) is 3.39. The summed E-state index contributed by atoms with van der Waals surface area (Å²) in [6.07, 6.45) is 5.36. The van der Waals surface area contributed by atoms with Crippen molar-refractivity contribution in [3.63, 3.8) is 0 Å². The van der Waals surface area contributed by atoms with E-state index in [0.717, 1.165) is 28.4 Å². The largest absolute Gasteiger partial charge is 0.352 e. The van der Waals surface area contributed by atoms with Gasteiger partial charge in [0.15, 0.2) is 10.8 Å². The van der Waals surface area contributed by atoms with E-state index in [1.807, 2.05) is 38.1 Å². The van der Waals surface area contributed by atoms with Gasteiger partial charge in [-0.25, -0.2) is 9.97 Å². The number of hydrogen-bond acceptors (Lipinski definition) is 5. The highest BCUT2D eigenvalue weighted by Gasteiger charge is 2.42. The van der Waals surface area contributed by atoms with E-state index < -0.39 is 0 Å². The van der Waals surface area contributed by atoms with E-state index in [-0.39, 0.29) is 17.2 Å². The number of carbonyl (C=O) groups excluding carboxylic acids is 1. The summed E-state index contributed by atoms with van der Waals surface area (Å²) in [7, 11) is 0. The first-order valence-electron chi connectivity index (χ1n) is 10.6. The summed E-state index contributed by atoms with van der Waals surface area (Å²) in [6, 6.07) is 8.17. The van der Waals surface area contributed by atoms with Gasteiger partial charge in [0.25, 0.3) is 0 Å². The molecule has 0 saturated heterocycles. The fourth-order valence-electron chi connectivity index (χ4n) is 5.28. The van der Waals surface area contributed by atoms with E-state index >= 15 is 0 Å². The lowest BCUT2D eigenvalue weighted by molar-refractivity contribution is -0.121. The third-order valence-electron chi connectivity index (χ3n) is 6.71. The van der Waals surface area contributed by atoms with E-state index in [4.69, 9.17) is 4.98 Å². The molecule has 1 aromatic carbocycles. The third-order valence-corrected chi connectivity index (χ3v) is 7.75. The Kier molecular flexibility index (Phi) is 4.73. The van der Waals surface area contributed by atoms with Gasteiger partial charge in [0, 0.05) is 11.4 Å². The normalized spacial score (nSPS) is 25.6. The zero-order chi connectivity index (χ0) is 20.1. The van der Waals surface area contributed by atoms with Crippen molar-refractivity contribution in [1.29, 1.82) is 0 Å². The number of nitrogens with one attached hydrogen (secondary N) is 1. The van der Waals surface area contributed by atoms with Crippen LogP contribution in [-0.2, 0) is 4.79 Å². The van der Waals surface area contributed by atoms with Crippen LogP contribution in [0.15, 0.2) is 29.4 Å². The topological polar surface area (TPSA) is 72.2 Å². The molecule has 2 aliphatic carbocycles. The summed E-state index contributed by atoms with van der Waals surface area (Å²) >= 11 is 1.45. The number of aromatic nitrogens is 4. The first kappa shape index (κ1) is 18.9. The zero-order valence-corrected chi connectivity index (χ0v) is 17.9. The van der Waals surface area contributed by atoms with Gasteiger partial charge in [-0.05, 0) is 69.9 Å². The minimum atomic E-state index is -0.252. The Morgan fingerprint density at radius 3 is 2.79 bits per heavy atom. The Morgan fingerprint density at radius 1 is 1.21 bits per heavy atom. The van der Waals surface area contributed by atoms with Gasteiger partial charge in [-0.15, -0.1) is 5.10 Å². The number of para-hydroxylation sites is 1. The molecule has 29 heavy (non-hydrogen) atoms. The van der Waals surface area contributed by atoms with E-state index in [1.165, 1.54) is 37.4 Å². The number of carbonyl (C=O) groups is 1. The second-order valence-electron chi connectivity index (χ2n) is 8.70. The maximum absolute atomic E-state index is 12.9. The molecule has 0 spiro atoms. The molecule has 2 aromatic heterocycles. The number of amides is 1. The van der Waals surface area contributed by atoms with Crippen molar-refractivity contribution >= 4 is 34.2 Å². The average molecular weight is 410 g/mol. The van der Waals surface area contributed by atoms with E-state index in [0.29, 0.717) is 16.9 Å². The van der Waals surface area contributed by atoms with Crippen molar-refractivity contribution in [2.45, 2.75) is 62.9 Å². The standard InChI is InChI=1S/C22H27N5OS/c1-12(18-11-15-8-9-16(18)10-15)23-21(28)13(2)29-22-25-19-7-5-4-6-17(19)20-24-14(3)26-27(20)22/h4-7,12-13,15-16,18H,8-11H2,1-3H3,(H,23,28). The Hall–Kier alpha value is -2.15. The van der Waals surface area contributed by atoms with Gasteiger partial charge in [0.05, 0.1) is 10.8 Å². The molecule has 3 aromatic rings. The second kappa shape index (κ2) is 7.27. The number of rotatable bonds is 5. The number of aryl methyl sites for hydroxylation is 1. The number of thioether (sulfide) groups is 1. The van der Waals surface area contributed by atoms with Gasteiger partial charge in [-0.3, -0.25) is 4.79 Å². The van der Waals surface area contributed by atoms with Crippen molar-refractivity contribution < 1.29 is 4.79 Å². The lowest BCUT2D eigenvalue weighted by Crippen LogP contribution is -2.43. The van der Waals surface area contributed by atoms with Crippen LogP contribution in [0.25, 0.3) is 16.6 Å². The molecule has 5 atom stereocenters. The second-order valence-corrected chi connectivity index (χ2v) is 10.0. The monoisotopic (exact) mass is 409 g/mol. The van der Waals surface area contributed by atoms with E-state index in [9.17, 15) is 4.79 Å². The lowest BCUT2D eigenvalue weighted by atomic mass is 9.84. The van der Waals surface area contributed by atoms with Crippen LogP contribution in [0, 0.1) is 24.7 Å². The molecule has 7 heteroatoms. The highest BCUT2D eigenvalue weighted by atomic mass is 32.2. The molecule has 0 radical (unpaired) electrons. The van der Waals surface area contributed by atoms with Crippen LogP contribution in [0.3, 0.4) is 0 Å². The van der Waals surface area contributed by atoms with Crippen molar-refractivity contribution in [2.75, 3.05) is 0 Å². The summed E-state index contributed by atoms with van der Waals surface area (Å²) < 4.78 is 1.77. The molecule has 0 aliphatic heterocycles. The number of hydrogen-bond donors (Lipinski definition) is 1. The highest BCUT2D eigenvalue weighted by molar-refractivity contribution is 8.00. The van der Waals surface area contributed by atoms with Crippen LogP contribution in [0.1, 0.15) is 45.4 Å². The number of benzene rings is 1. The molecule has 2 heterocycles. The average Bonchev–Trinajstić information content (AvgIpc) is 3.43. The molecular weight excluding hydrogens is 382 g/mol. The van der Waals surface area contributed by atoms with Crippen LogP contribution in [0.4, 0.5) is 0 Å². The molecule has 1 amide bonds. The summed E-state index contributed by atoms with van der Waals surface area (Å²) in [5, 5.41) is 9.22. The van der Waals surface area contributed by atoms with Gasteiger partial charge < -0.3 is 5.32 Å². The molecule has 5 rings (SSSR count). The molecule has 2 aliphatic rings. The fourth-order valence-corrected chi connectivity index (χ4v) is 6.15. The zero-order valence-electron chi connectivity index (χ0n) is 17.1. The molecule has 2 saturated carbocycles. The van der Waals surface area contributed by atoms with E-state index in [1.54, 1.807) is 4.52 Å². The van der Waals surface area contributed by atoms with Crippen molar-refractivity contribution in [3.8, 4) is 0 Å². The van der Waals surface area contributed by atoms with Gasteiger partial charge >= 0.3 is 0 Å². The summed E-state index contributed by atoms with van der Waals surface area (Å²) in [5.41, 5.74) is 1.66. The van der Waals surface area contributed by atoms with Gasteiger partial charge in [-0.1, -0.05) is 30.3 Å². The molecule has 5 unspecified atom stereocenters. The fraction of sp³-hybridized carbons (Fsp3) is 0.545. The summed E-state index contributed by atoms with van der Waals surface area (Å²) in [5.74, 6) is 3.11. The molecule has 2 bridgehead atoms. The van der Waals surface area contributed by atoms with Gasteiger partial charge in [0.1, 0.15) is 5.82 Å². The van der Waals surface area contributed by atoms with Crippen LogP contribution in [-0.4, -0.2) is 36.8 Å². The summed E-state index contributed by atoms with van der Waals surface area (Å²) in [6.45, 7) is 6.00. The van der Waals surface area contributed by atoms with Crippen LogP contribution < -0.4 is 5.32 Å². The number of fused-ring (bicyclic) bond motifs is 5. The van der Waals surface area contributed by atoms with E-state index in [2.05, 4.69) is 22.3 Å². The number of nitrogens with zero attached hydrogens (tertiary/aromatic N) is 4. The predicted octanol–water partition coefficient (Wildman–Crippen LogP) is 4.01. The Morgan fingerprint density at radius 2 is 2.03 bits per heavy atom. The maximum Gasteiger partial charge on any atom is 0.233 e. The molecule has 1 N–H and O–H groups in total. The van der Waals surface area contributed by atoms with Crippen LogP contribution >= 0.6 is 11.8 Å². The molecule has 6 nitrogen and oxygen atoms in total. The first-order valence-corrected chi connectivity index (χ1v) is 11.5. The Labute approximate surface area is 174 Å². The minimum Gasteiger partial charge on any atom is -0.352 e. The minimum absolute atomic E-state index is 0.0743. The molecule has 152 valence electrons. The predicted molar refractivity (Wildman–Crippen MR) is 115 cm³/mol. The summed E-state index contributed by atoms with van der Waals surface area (Å²) in [4.78, 5) is 22.3. The van der Waals surface area contributed by atoms with Gasteiger partial charge in [-0.2, -0.15) is 4.52 Å². The maximum atomic E-state index is 12.9. The highest BCUT2D eigenvalue weighted by Crippen LogP contribution is 2.49. The van der Waals surface area contributed by atoms with Crippen molar-refractivity contribution in [3.05, 3.63) is 30.1 Å². The quantitative estimate of drug-likeness (QED) is 0.509. The lowest BCUT2D eigenvalue weighted by Gasteiger charge is -2.29. The Bertz CT molecular complexity index is 1080. The van der Waals surface area contributed by atoms with Crippen LogP contribution in [0.2, 0.25) is 0 Å². The Balaban J connectivity index is 1.35. The van der Waals surface area contributed by atoms with Crippen molar-refractivity contribution in [2.24, 2.45) is 17.8 Å². The smallest absolute Gasteiger partial charge is 0.233 e. The van der Waals surface area contributed by atoms with Crippen LogP contribution in [0.5, 0.6) is 0 Å². The van der Waals surface area contributed by atoms with Gasteiger partial charge in [0.2, 0.25) is 5.91 Å². The molecular formula is C22H27N5OS. The first-order chi connectivity index (χ1) is 14.0. The SMILES string of the molecule is Cc1nc2c3ccccc3nc(SC(C)C(=O)NC(C)C3CC4CCC3C4)n2n1. The molecule has 2 fully saturated rings.